The predicted molar refractivity (Wildman–Crippen MR) is 71.4 cm³/mol. The van der Waals surface area contributed by atoms with E-state index in [0.717, 1.165) is 18.4 Å². The fourth-order valence-corrected chi connectivity index (χ4v) is 1.76. The minimum absolute atomic E-state index is 0. The zero-order valence-electron chi connectivity index (χ0n) is 9.57. The van der Waals surface area contributed by atoms with Gasteiger partial charge >= 0.3 is 0 Å². The zero-order chi connectivity index (χ0) is 11.8. The lowest BCUT2D eigenvalue weighted by molar-refractivity contribution is -0.123. The van der Waals surface area contributed by atoms with Crippen molar-refractivity contribution >= 4 is 29.9 Å². The van der Waals surface area contributed by atoms with Gasteiger partial charge in [-0.15, -0.1) is 12.4 Å². The Labute approximate surface area is 112 Å². The van der Waals surface area contributed by atoms with Gasteiger partial charge in [-0.3, -0.25) is 4.79 Å². The highest BCUT2D eigenvalue weighted by molar-refractivity contribution is 6.30. The Morgan fingerprint density at radius 1 is 1.53 bits per heavy atom. The molecule has 0 spiro atoms. The van der Waals surface area contributed by atoms with Crippen molar-refractivity contribution in [2.75, 3.05) is 0 Å². The number of hydrogen-bond donors (Lipinski definition) is 2. The maximum absolute atomic E-state index is 11.7. The highest BCUT2D eigenvalue weighted by atomic mass is 35.5. The molecule has 5 heteroatoms. The lowest BCUT2D eigenvalue weighted by Crippen LogP contribution is -2.43. The molecule has 3 nitrogen and oxygen atoms in total. The summed E-state index contributed by atoms with van der Waals surface area (Å²) in [5.74, 6) is -0.0695. The van der Waals surface area contributed by atoms with Crippen molar-refractivity contribution in [1.82, 2.24) is 5.32 Å². The normalized spacial score (nSPS) is 17.8. The van der Waals surface area contributed by atoms with E-state index < -0.39 is 5.54 Å². The second-order valence-electron chi connectivity index (χ2n) is 4.41. The standard InChI is InChI=1S/C12H15ClN2O.ClH/c1-8(9-3-2-4-10(13)7-9)15-11(16)12(14)5-6-12;/h2-4,7-8H,5-6,14H2,1H3,(H,15,16);1H/t8-;/m1./s1. The van der Waals surface area contributed by atoms with Gasteiger partial charge < -0.3 is 11.1 Å². The summed E-state index contributed by atoms with van der Waals surface area (Å²) in [6.45, 7) is 1.93. The number of halogens is 2. The lowest BCUT2D eigenvalue weighted by atomic mass is 10.1. The second-order valence-corrected chi connectivity index (χ2v) is 4.84. The van der Waals surface area contributed by atoms with Crippen molar-refractivity contribution < 1.29 is 4.79 Å². The van der Waals surface area contributed by atoms with Gasteiger partial charge in [-0.2, -0.15) is 0 Å². The van der Waals surface area contributed by atoms with Gasteiger partial charge in [0.25, 0.3) is 0 Å². The van der Waals surface area contributed by atoms with Crippen molar-refractivity contribution in [2.24, 2.45) is 5.73 Å². The number of rotatable bonds is 3. The number of amides is 1. The molecule has 0 bridgehead atoms. The highest BCUT2D eigenvalue weighted by Gasteiger charge is 2.46. The van der Waals surface area contributed by atoms with Gasteiger partial charge in [-0.25, -0.2) is 0 Å². The summed E-state index contributed by atoms with van der Waals surface area (Å²) in [5.41, 5.74) is 6.18. The smallest absolute Gasteiger partial charge is 0.240 e. The molecule has 1 aliphatic carbocycles. The molecule has 1 fully saturated rings. The first-order valence-corrected chi connectivity index (χ1v) is 5.74. The molecular formula is C12H16Cl2N2O. The van der Waals surface area contributed by atoms with Crippen LogP contribution in [0.5, 0.6) is 0 Å². The minimum atomic E-state index is -0.618. The molecule has 1 aliphatic rings. The van der Waals surface area contributed by atoms with Gasteiger partial charge in [0.1, 0.15) is 0 Å². The molecule has 1 amide bonds. The monoisotopic (exact) mass is 274 g/mol. The van der Waals surface area contributed by atoms with Crippen LogP contribution in [-0.4, -0.2) is 11.4 Å². The third-order valence-corrected chi connectivity index (χ3v) is 3.17. The molecule has 0 saturated heterocycles. The fourth-order valence-electron chi connectivity index (χ4n) is 1.56. The van der Waals surface area contributed by atoms with Crippen LogP contribution in [0.25, 0.3) is 0 Å². The van der Waals surface area contributed by atoms with E-state index in [9.17, 15) is 4.79 Å². The first kappa shape index (κ1) is 14.3. The molecule has 0 aliphatic heterocycles. The van der Waals surface area contributed by atoms with E-state index >= 15 is 0 Å². The van der Waals surface area contributed by atoms with Gasteiger partial charge in [0, 0.05) is 5.02 Å². The summed E-state index contributed by atoms with van der Waals surface area (Å²) in [5, 5.41) is 3.58. The summed E-state index contributed by atoms with van der Waals surface area (Å²) in [6.07, 6.45) is 1.56. The van der Waals surface area contributed by atoms with E-state index in [0.29, 0.717) is 5.02 Å². The van der Waals surface area contributed by atoms with Crippen molar-refractivity contribution in [2.45, 2.75) is 31.3 Å². The summed E-state index contributed by atoms with van der Waals surface area (Å²) in [4.78, 5) is 11.7. The van der Waals surface area contributed by atoms with Gasteiger partial charge in [-0.1, -0.05) is 23.7 Å². The van der Waals surface area contributed by atoms with E-state index in [1.165, 1.54) is 0 Å². The van der Waals surface area contributed by atoms with Crippen molar-refractivity contribution in [1.29, 1.82) is 0 Å². The molecule has 1 aromatic carbocycles. The maximum Gasteiger partial charge on any atom is 0.240 e. The molecule has 1 aromatic rings. The van der Waals surface area contributed by atoms with Crippen molar-refractivity contribution in [3.05, 3.63) is 34.9 Å². The molecule has 2 rings (SSSR count). The Morgan fingerprint density at radius 3 is 2.71 bits per heavy atom. The van der Waals surface area contributed by atoms with Crippen LogP contribution >= 0.6 is 24.0 Å². The van der Waals surface area contributed by atoms with Crippen molar-refractivity contribution in [3.8, 4) is 0 Å². The van der Waals surface area contributed by atoms with Gasteiger partial charge in [0.2, 0.25) is 5.91 Å². The summed E-state index contributed by atoms with van der Waals surface area (Å²) >= 11 is 5.89. The zero-order valence-corrected chi connectivity index (χ0v) is 11.1. The largest absolute Gasteiger partial charge is 0.348 e. The minimum Gasteiger partial charge on any atom is -0.348 e. The topological polar surface area (TPSA) is 55.1 Å². The van der Waals surface area contributed by atoms with E-state index in [4.69, 9.17) is 17.3 Å². The molecule has 94 valence electrons. The van der Waals surface area contributed by atoms with E-state index in [-0.39, 0.29) is 24.4 Å². The quantitative estimate of drug-likeness (QED) is 0.890. The van der Waals surface area contributed by atoms with Crippen LogP contribution in [0.1, 0.15) is 31.4 Å². The maximum atomic E-state index is 11.7. The first-order chi connectivity index (χ1) is 7.51. The Morgan fingerprint density at radius 2 is 2.18 bits per heavy atom. The molecule has 0 radical (unpaired) electrons. The van der Waals surface area contributed by atoms with Crippen LogP contribution < -0.4 is 11.1 Å². The molecule has 3 N–H and O–H groups in total. The van der Waals surface area contributed by atoms with Gasteiger partial charge in [-0.05, 0) is 37.5 Å². The molecule has 1 atom stereocenters. The Kier molecular flexibility index (Phi) is 4.42. The number of benzene rings is 1. The summed E-state index contributed by atoms with van der Waals surface area (Å²) in [6, 6.07) is 7.41. The fraction of sp³-hybridized carbons (Fsp3) is 0.417. The second kappa shape index (κ2) is 5.25. The van der Waals surface area contributed by atoms with Crippen LogP contribution in [0.3, 0.4) is 0 Å². The predicted octanol–water partition coefficient (Wildman–Crippen LogP) is 2.43. The highest BCUT2D eigenvalue weighted by Crippen LogP contribution is 2.33. The Balaban J connectivity index is 0.00000144. The number of carbonyl (C=O) groups excluding carboxylic acids is 1. The molecular weight excluding hydrogens is 259 g/mol. The average molecular weight is 275 g/mol. The Hall–Kier alpha value is -0.770. The number of carbonyl (C=O) groups is 1. The third-order valence-electron chi connectivity index (χ3n) is 2.94. The molecule has 1 saturated carbocycles. The SMILES string of the molecule is C[C@@H](NC(=O)C1(N)CC1)c1cccc(Cl)c1.Cl. The molecule has 17 heavy (non-hydrogen) atoms. The van der Waals surface area contributed by atoms with Crippen LogP contribution in [0.15, 0.2) is 24.3 Å². The molecule has 0 unspecified atom stereocenters. The summed E-state index contributed by atoms with van der Waals surface area (Å²) < 4.78 is 0. The Bertz CT molecular complexity index is 419. The van der Waals surface area contributed by atoms with Crippen LogP contribution in [0.2, 0.25) is 5.02 Å². The average Bonchev–Trinajstić information content (AvgIpc) is 2.98. The molecule has 0 aromatic heterocycles. The van der Waals surface area contributed by atoms with Crippen molar-refractivity contribution in [3.63, 3.8) is 0 Å². The van der Waals surface area contributed by atoms with Gasteiger partial charge in [0.15, 0.2) is 0 Å². The van der Waals surface area contributed by atoms with Gasteiger partial charge in [0.05, 0.1) is 11.6 Å². The lowest BCUT2D eigenvalue weighted by Gasteiger charge is -2.17. The van der Waals surface area contributed by atoms with Crippen LogP contribution in [-0.2, 0) is 4.79 Å². The van der Waals surface area contributed by atoms with Crippen LogP contribution in [0.4, 0.5) is 0 Å². The van der Waals surface area contributed by atoms with E-state index in [1.54, 1.807) is 0 Å². The van der Waals surface area contributed by atoms with Crippen LogP contribution in [0, 0.1) is 0 Å². The van der Waals surface area contributed by atoms with E-state index in [1.807, 2.05) is 31.2 Å². The third kappa shape index (κ3) is 3.35. The summed E-state index contributed by atoms with van der Waals surface area (Å²) in [7, 11) is 0. The molecule has 0 heterocycles. The number of nitrogens with two attached hydrogens (primary N) is 1. The number of hydrogen-bond acceptors (Lipinski definition) is 2. The number of nitrogens with one attached hydrogen (secondary N) is 1. The first-order valence-electron chi connectivity index (χ1n) is 5.36. The van der Waals surface area contributed by atoms with E-state index in [2.05, 4.69) is 5.32 Å².